The highest BCUT2D eigenvalue weighted by Gasteiger charge is 2.36. The zero-order valence-corrected chi connectivity index (χ0v) is 16.4. The zero-order valence-electron chi connectivity index (χ0n) is 16.4. The van der Waals surface area contributed by atoms with Gasteiger partial charge in [0, 0.05) is 24.9 Å². The minimum absolute atomic E-state index is 0.149. The van der Waals surface area contributed by atoms with E-state index in [9.17, 15) is 9.59 Å². The van der Waals surface area contributed by atoms with E-state index < -0.39 is 5.60 Å². The van der Waals surface area contributed by atoms with Gasteiger partial charge in [-0.2, -0.15) is 0 Å². The number of ketones is 1. The average molecular weight is 340 g/mol. The number of carbonyl (C=O) groups is 2. The van der Waals surface area contributed by atoms with Gasteiger partial charge in [-0.15, -0.1) is 0 Å². The highest BCUT2D eigenvalue weighted by molar-refractivity contribution is 5.78. The molecular weight excluding hydrogens is 302 g/mol. The summed E-state index contributed by atoms with van der Waals surface area (Å²) in [7, 11) is 0. The van der Waals surface area contributed by atoms with Crippen LogP contribution in [0.1, 0.15) is 98.8 Å². The van der Waals surface area contributed by atoms with Crippen molar-refractivity contribution in [1.29, 1.82) is 0 Å². The monoisotopic (exact) mass is 339 g/mol. The highest BCUT2D eigenvalue weighted by atomic mass is 16.6. The van der Waals surface area contributed by atoms with Crippen LogP contribution in [0.5, 0.6) is 0 Å². The molecular formula is C20H37NO3. The number of unbranched alkanes of at least 4 members (excludes halogenated alkanes) is 1. The SMILES string of the molecule is CCCCC(=O)CC[C@H]1CCC[C@H](CCC)N1C(=O)OC(C)(C)C. The van der Waals surface area contributed by atoms with Crippen LogP contribution >= 0.6 is 0 Å². The van der Waals surface area contributed by atoms with Gasteiger partial charge in [0.05, 0.1) is 0 Å². The molecule has 0 aliphatic carbocycles. The fourth-order valence-corrected chi connectivity index (χ4v) is 3.50. The molecule has 0 aromatic carbocycles. The van der Waals surface area contributed by atoms with Crippen molar-refractivity contribution >= 4 is 11.9 Å². The Morgan fingerprint density at radius 1 is 1.00 bits per heavy atom. The van der Waals surface area contributed by atoms with Crippen molar-refractivity contribution in [2.45, 2.75) is 117 Å². The van der Waals surface area contributed by atoms with Crippen molar-refractivity contribution in [3.8, 4) is 0 Å². The fourth-order valence-electron chi connectivity index (χ4n) is 3.50. The summed E-state index contributed by atoms with van der Waals surface area (Å²) in [5, 5.41) is 0. The molecule has 1 fully saturated rings. The first kappa shape index (κ1) is 21.0. The summed E-state index contributed by atoms with van der Waals surface area (Å²) in [6.07, 6.45) is 9.11. The minimum atomic E-state index is -0.479. The molecule has 1 heterocycles. The maximum absolute atomic E-state index is 12.7. The van der Waals surface area contributed by atoms with Crippen molar-refractivity contribution in [3.63, 3.8) is 0 Å². The molecule has 1 amide bonds. The molecule has 0 N–H and O–H groups in total. The molecule has 0 radical (unpaired) electrons. The van der Waals surface area contributed by atoms with E-state index in [0.29, 0.717) is 18.6 Å². The first-order chi connectivity index (χ1) is 11.3. The molecule has 140 valence electrons. The van der Waals surface area contributed by atoms with E-state index in [2.05, 4.69) is 13.8 Å². The summed E-state index contributed by atoms with van der Waals surface area (Å²) in [6.45, 7) is 9.99. The number of rotatable bonds is 8. The molecule has 1 aliphatic heterocycles. The lowest BCUT2D eigenvalue weighted by Gasteiger charge is -2.42. The maximum Gasteiger partial charge on any atom is 0.410 e. The van der Waals surface area contributed by atoms with Crippen molar-refractivity contribution in [2.75, 3.05) is 0 Å². The van der Waals surface area contributed by atoms with Gasteiger partial charge < -0.3 is 9.64 Å². The van der Waals surface area contributed by atoms with Gasteiger partial charge >= 0.3 is 6.09 Å². The number of amides is 1. The van der Waals surface area contributed by atoms with Crippen LogP contribution in [-0.2, 0) is 9.53 Å². The Bertz CT molecular complexity index is 398. The Labute approximate surface area is 148 Å². The number of hydrogen-bond acceptors (Lipinski definition) is 3. The van der Waals surface area contributed by atoms with Crippen LogP contribution in [0.25, 0.3) is 0 Å². The standard InChI is InChI=1S/C20H37NO3/c1-6-8-13-18(22)15-14-17-12-9-11-16(10-7-2)21(17)19(23)24-20(3,4)5/h16-17H,6-15H2,1-5H3/t16-,17+/m0/s1. The Morgan fingerprint density at radius 2 is 1.62 bits per heavy atom. The van der Waals surface area contributed by atoms with Gasteiger partial charge in [-0.1, -0.05) is 26.7 Å². The van der Waals surface area contributed by atoms with Crippen molar-refractivity contribution < 1.29 is 14.3 Å². The van der Waals surface area contributed by atoms with Gasteiger partial charge in [0.15, 0.2) is 0 Å². The van der Waals surface area contributed by atoms with Crippen LogP contribution in [-0.4, -0.2) is 34.5 Å². The molecule has 4 heteroatoms. The first-order valence-corrected chi connectivity index (χ1v) is 9.81. The Balaban J connectivity index is 2.73. The number of carbonyl (C=O) groups excluding carboxylic acids is 2. The van der Waals surface area contributed by atoms with Crippen LogP contribution in [0, 0.1) is 0 Å². The maximum atomic E-state index is 12.7. The number of piperidine rings is 1. The van der Waals surface area contributed by atoms with Gasteiger partial charge in [-0.25, -0.2) is 4.79 Å². The van der Waals surface area contributed by atoms with Crippen molar-refractivity contribution in [2.24, 2.45) is 0 Å². The predicted molar refractivity (Wildman–Crippen MR) is 98.2 cm³/mol. The largest absolute Gasteiger partial charge is 0.444 e. The fraction of sp³-hybridized carbons (Fsp3) is 0.900. The van der Waals surface area contributed by atoms with Crippen molar-refractivity contribution in [1.82, 2.24) is 4.90 Å². The van der Waals surface area contributed by atoms with E-state index >= 15 is 0 Å². The lowest BCUT2D eigenvalue weighted by molar-refractivity contribution is -0.119. The van der Waals surface area contributed by atoms with Crippen LogP contribution < -0.4 is 0 Å². The van der Waals surface area contributed by atoms with Crippen LogP contribution in [0.15, 0.2) is 0 Å². The summed E-state index contributed by atoms with van der Waals surface area (Å²) < 4.78 is 5.66. The van der Waals surface area contributed by atoms with E-state index in [0.717, 1.165) is 51.4 Å². The van der Waals surface area contributed by atoms with Crippen LogP contribution in [0.2, 0.25) is 0 Å². The average Bonchev–Trinajstić information content (AvgIpc) is 2.49. The Kier molecular flexibility index (Phi) is 8.79. The number of nitrogens with zero attached hydrogens (tertiary/aromatic N) is 1. The number of likely N-dealkylation sites (tertiary alicyclic amines) is 1. The topological polar surface area (TPSA) is 46.6 Å². The second-order valence-electron chi connectivity index (χ2n) is 8.10. The van der Waals surface area contributed by atoms with E-state index in [4.69, 9.17) is 4.74 Å². The third kappa shape index (κ3) is 7.23. The first-order valence-electron chi connectivity index (χ1n) is 9.81. The van der Waals surface area contributed by atoms with Gasteiger partial charge in [0.2, 0.25) is 0 Å². The predicted octanol–water partition coefficient (Wildman–Crippen LogP) is 5.48. The summed E-state index contributed by atoms with van der Waals surface area (Å²) in [6, 6.07) is 0.407. The van der Waals surface area contributed by atoms with Gasteiger partial charge in [-0.05, 0) is 59.3 Å². The molecule has 0 spiro atoms. The van der Waals surface area contributed by atoms with E-state index in [1.165, 1.54) is 0 Å². The second-order valence-corrected chi connectivity index (χ2v) is 8.10. The number of ether oxygens (including phenoxy) is 1. The molecule has 4 nitrogen and oxygen atoms in total. The molecule has 0 aromatic heterocycles. The molecule has 0 saturated carbocycles. The molecule has 24 heavy (non-hydrogen) atoms. The molecule has 0 bridgehead atoms. The van der Waals surface area contributed by atoms with Crippen LogP contribution in [0.4, 0.5) is 4.79 Å². The summed E-state index contributed by atoms with van der Waals surface area (Å²) >= 11 is 0. The molecule has 2 atom stereocenters. The number of Topliss-reactive ketones (excluding diaryl/α,β-unsaturated/α-hetero) is 1. The van der Waals surface area contributed by atoms with E-state index in [1.807, 2.05) is 25.7 Å². The lowest BCUT2D eigenvalue weighted by atomic mass is 9.90. The molecule has 0 aromatic rings. The van der Waals surface area contributed by atoms with Crippen molar-refractivity contribution in [3.05, 3.63) is 0 Å². The smallest absolute Gasteiger partial charge is 0.410 e. The summed E-state index contributed by atoms with van der Waals surface area (Å²) in [4.78, 5) is 26.7. The quantitative estimate of drug-likeness (QED) is 0.588. The van der Waals surface area contributed by atoms with Crippen LogP contribution in [0.3, 0.4) is 0 Å². The third-order valence-electron chi connectivity index (χ3n) is 4.65. The summed E-state index contributed by atoms with van der Waals surface area (Å²) in [5.74, 6) is 0.332. The van der Waals surface area contributed by atoms with Gasteiger partial charge in [-0.3, -0.25) is 4.79 Å². The van der Waals surface area contributed by atoms with E-state index in [1.54, 1.807) is 0 Å². The highest BCUT2D eigenvalue weighted by Crippen LogP contribution is 2.30. The van der Waals surface area contributed by atoms with E-state index in [-0.39, 0.29) is 18.2 Å². The molecule has 1 rings (SSSR count). The van der Waals surface area contributed by atoms with Gasteiger partial charge in [0.25, 0.3) is 0 Å². The minimum Gasteiger partial charge on any atom is -0.444 e. The van der Waals surface area contributed by atoms with Gasteiger partial charge in [0.1, 0.15) is 11.4 Å². The normalized spacial score (nSPS) is 21.6. The molecule has 0 unspecified atom stereocenters. The number of hydrogen-bond donors (Lipinski definition) is 0. The lowest BCUT2D eigenvalue weighted by Crippen LogP contribution is -2.51. The molecule has 1 aliphatic rings. The molecule has 1 saturated heterocycles. The second kappa shape index (κ2) is 10.0. The summed E-state index contributed by atoms with van der Waals surface area (Å²) in [5.41, 5.74) is -0.479. The Hall–Kier alpha value is -1.06. The zero-order chi connectivity index (χ0) is 18.2. The third-order valence-corrected chi connectivity index (χ3v) is 4.65. The Morgan fingerprint density at radius 3 is 2.17 bits per heavy atom.